The number of allylic oxidation sites excluding steroid dienone is 2. The molecular formula is C19H20Br2N2OS. The molecular weight excluding hydrogens is 464 g/mol. The Morgan fingerprint density at radius 1 is 1.24 bits per heavy atom. The van der Waals surface area contributed by atoms with Crippen LogP contribution in [0.5, 0.6) is 5.75 Å². The van der Waals surface area contributed by atoms with Crippen LogP contribution in [0.25, 0.3) is 6.08 Å². The molecule has 0 amide bonds. The van der Waals surface area contributed by atoms with Gasteiger partial charge in [-0.05, 0) is 89.3 Å². The van der Waals surface area contributed by atoms with Gasteiger partial charge < -0.3 is 15.7 Å². The van der Waals surface area contributed by atoms with Crippen LogP contribution in [0.4, 0.5) is 0 Å². The highest BCUT2D eigenvalue weighted by Gasteiger charge is 2.52. The quantitative estimate of drug-likeness (QED) is 0.420. The van der Waals surface area contributed by atoms with Crippen molar-refractivity contribution in [1.29, 1.82) is 0 Å². The van der Waals surface area contributed by atoms with Gasteiger partial charge in [0.25, 0.3) is 0 Å². The van der Waals surface area contributed by atoms with E-state index in [4.69, 9.17) is 12.2 Å². The lowest BCUT2D eigenvalue weighted by molar-refractivity contribution is 0.246. The monoisotopic (exact) mass is 482 g/mol. The first-order valence-corrected chi connectivity index (χ1v) is 10.6. The fourth-order valence-electron chi connectivity index (χ4n) is 4.84. The zero-order chi connectivity index (χ0) is 17.6. The molecule has 0 aromatic heterocycles. The molecule has 0 heterocycles. The molecule has 2 bridgehead atoms. The van der Waals surface area contributed by atoms with Crippen molar-refractivity contribution in [3.8, 4) is 5.75 Å². The van der Waals surface area contributed by atoms with Crippen LogP contribution in [0.3, 0.4) is 0 Å². The van der Waals surface area contributed by atoms with Crippen LogP contribution in [0, 0.1) is 23.7 Å². The van der Waals surface area contributed by atoms with E-state index in [2.05, 4.69) is 54.6 Å². The summed E-state index contributed by atoms with van der Waals surface area (Å²) in [6, 6.07) is 4.15. The molecule has 3 aliphatic rings. The van der Waals surface area contributed by atoms with Gasteiger partial charge in [-0.1, -0.05) is 28.1 Å². The molecule has 3 aliphatic carbocycles. The second-order valence-corrected chi connectivity index (χ2v) is 9.36. The molecule has 2 saturated carbocycles. The Bertz CT molecular complexity index is 764. The van der Waals surface area contributed by atoms with Gasteiger partial charge in [0.15, 0.2) is 5.11 Å². The lowest BCUT2D eigenvalue weighted by Gasteiger charge is -2.32. The first-order chi connectivity index (χ1) is 12.0. The van der Waals surface area contributed by atoms with Gasteiger partial charge in [0.05, 0.1) is 4.47 Å². The summed E-state index contributed by atoms with van der Waals surface area (Å²) < 4.78 is 1.56. The summed E-state index contributed by atoms with van der Waals surface area (Å²) in [6.45, 7) is 0. The molecule has 1 aromatic carbocycles. The molecule has 3 nitrogen and oxygen atoms in total. The molecule has 1 aromatic rings. The highest BCUT2D eigenvalue weighted by atomic mass is 79.9. The van der Waals surface area contributed by atoms with Gasteiger partial charge in [0.2, 0.25) is 0 Å². The number of fused-ring (bicyclic) bond motifs is 5. The number of thiocarbonyl (C=S) groups is 1. The van der Waals surface area contributed by atoms with Crippen LogP contribution in [-0.4, -0.2) is 16.3 Å². The lowest BCUT2D eigenvalue weighted by Crippen LogP contribution is -2.45. The summed E-state index contributed by atoms with van der Waals surface area (Å²) in [5.74, 6) is 3.44. The minimum atomic E-state index is 0.215. The van der Waals surface area contributed by atoms with Crippen molar-refractivity contribution >= 4 is 55.3 Å². The summed E-state index contributed by atoms with van der Waals surface area (Å²) in [6.07, 6.45) is 12.2. The molecule has 6 heteroatoms. The van der Waals surface area contributed by atoms with E-state index < -0.39 is 0 Å². The third-order valence-corrected chi connectivity index (χ3v) is 7.16. The van der Waals surface area contributed by atoms with Crippen molar-refractivity contribution < 1.29 is 5.11 Å². The predicted molar refractivity (Wildman–Crippen MR) is 112 cm³/mol. The zero-order valence-corrected chi connectivity index (χ0v) is 17.6. The molecule has 5 atom stereocenters. The maximum Gasteiger partial charge on any atom is 0.170 e. The second-order valence-electron chi connectivity index (χ2n) is 7.18. The van der Waals surface area contributed by atoms with Gasteiger partial charge in [0, 0.05) is 22.3 Å². The van der Waals surface area contributed by atoms with Crippen molar-refractivity contribution in [2.75, 3.05) is 0 Å². The third-order valence-electron chi connectivity index (χ3n) is 5.86. The number of halogens is 2. The lowest BCUT2D eigenvalue weighted by atomic mass is 9.79. The number of phenolic OH excluding ortho intramolecular Hbond substituents is 1. The Labute approximate surface area is 170 Å². The molecule has 0 spiro atoms. The largest absolute Gasteiger partial charge is 0.506 e. The summed E-state index contributed by atoms with van der Waals surface area (Å²) in [5, 5.41) is 17.4. The van der Waals surface area contributed by atoms with E-state index in [9.17, 15) is 5.11 Å². The average molecular weight is 484 g/mol. The molecule has 132 valence electrons. The molecule has 25 heavy (non-hydrogen) atoms. The van der Waals surface area contributed by atoms with Crippen molar-refractivity contribution in [2.24, 2.45) is 23.7 Å². The highest BCUT2D eigenvalue weighted by molar-refractivity contribution is 9.11. The van der Waals surface area contributed by atoms with E-state index in [0.717, 1.165) is 33.7 Å². The van der Waals surface area contributed by atoms with E-state index >= 15 is 0 Å². The van der Waals surface area contributed by atoms with Crippen molar-refractivity contribution in [3.05, 3.63) is 45.0 Å². The van der Waals surface area contributed by atoms with Gasteiger partial charge >= 0.3 is 0 Å². The Hall–Kier alpha value is -0.850. The van der Waals surface area contributed by atoms with Crippen LogP contribution < -0.4 is 10.6 Å². The number of hydrogen-bond acceptors (Lipinski definition) is 2. The first kappa shape index (κ1) is 17.6. The molecule has 0 radical (unpaired) electrons. The number of aromatic hydroxyl groups is 1. The average Bonchev–Trinajstić information content (AvgIpc) is 3.24. The molecule has 0 saturated heterocycles. The number of nitrogens with one attached hydrogen (secondary N) is 2. The summed E-state index contributed by atoms with van der Waals surface area (Å²) in [4.78, 5) is 0. The summed E-state index contributed by atoms with van der Waals surface area (Å²) in [5.41, 5.74) is 0.718. The SMILES string of the molecule is Oc1c(Br)cc(Br)cc1/C=C/NC(=S)NC1CC2CC1C1C=CCC21. The van der Waals surface area contributed by atoms with Gasteiger partial charge in [-0.2, -0.15) is 0 Å². The molecule has 5 unspecified atom stereocenters. The number of benzene rings is 1. The Kier molecular flexibility index (Phi) is 4.95. The molecule has 0 aliphatic heterocycles. The van der Waals surface area contributed by atoms with E-state index in [1.54, 1.807) is 6.20 Å². The third kappa shape index (κ3) is 3.40. The van der Waals surface area contributed by atoms with Crippen LogP contribution >= 0.6 is 44.1 Å². The molecule has 2 fully saturated rings. The first-order valence-electron chi connectivity index (χ1n) is 8.61. The van der Waals surface area contributed by atoms with Gasteiger partial charge in [-0.3, -0.25) is 0 Å². The van der Waals surface area contributed by atoms with Gasteiger partial charge in [-0.15, -0.1) is 0 Å². The maximum absolute atomic E-state index is 10.1. The maximum atomic E-state index is 10.1. The fourth-order valence-corrected chi connectivity index (χ4v) is 6.32. The van der Waals surface area contributed by atoms with E-state index in [1.165, 1.54) is 19.3 Å². The summed E-state index contributed by atoms with van der Waals surface area (Å²) in [7, 11) is 0. The number of hydrogen-bond donors (Lipinski definition) is 3. The number of phenols is 1. The highest BCUT2D eigenvalue weighted by Crippen LogP contribution is 2.56. The van der Waals surface area contributed by atoms with Gasteiger partial charge in [-0.25, -0.2) is 0 Å². The van der Waals surface area contributed by atoms with Crippen LogP contribution in [0.1, 0.15) is 24.8 Å². The molecule has 4 rings (SSSR count). The van der Waals surface area contributed by atoms with Gasteiger partial charge in [0.1, 0.15) is 5.75 Å². The Morgan fingerprint density at radius 3 is 2.92 bits per heavy atom. The topological polar surface area (TPSA) is 44.3 Å². The van der Waals surface area contributed by atoms with Crippen LogP contribution in [0.15, 0.2) is 39.4 Å². The zero-order valence-electron chi connectivity index (χ0n) is 13.6. The van der Waals surface area contributed by atoms with E-state index in [1.807, 2.05) is 18.2 Å². The van der Waals surface area contributed by atoms with Crippen molar-refractivity contribution in [3.63, 3.8) is 0 Å². The smallest absolute Gasteiger partial charge is 0.170 e. The standard InChI is InChI=1S/C19H20Br2N2OS/c20-12-6-10(18(24)16(21)9-12)4-5-22-19(25)23-17-8-11-7-15(17)14-3-1-2-13(11)14/h1,3-6,9,11,13-15,17,24H,2,7-8H2,(H2,22,23,25)/b5-4+. The minimum Gasteiger partial charge on any atom is -0.506 e. The van der Waals surface area contributed by atoms with Crippen molar-refractivity contribution in [2.45, 2.75) is 25.3 Å². The summed E-state index contributed by atoms with van der Waals surface area (Å²) >= 11 is 12.2. The van der Waals surface area contributed by atoms with Crippen molar-refractivity contribution in [1.82, 2.24) is 10.6 Å². The van der Waals surface area contributed by atoms with E-state index in [-0.39, 0.29) is 5.75 Å². The van der Waals surface area contributed by atoms with Crippen LogP contribution in [0.2, 0.25) is 0 Å². The normalized spacial score (nSPS) is 32.3. The van der Waals surface area contributed by atoms with E-state index in [0.29, 0.717) is 15.6 Å². The Balaban J connectivity index is 1.34. The number of rotatable bonds is 3. The fraction of sp³-hybridized carbons (Fsp3) is 0.421. The predicted octanol–water partition coefficient (Wildman–Crippen LogP) is 4.95. The minimum absolute atomic E-state index is 0.215. The molecule has 3 N–H and O–H groups in total. The van der Waals surface area contributed by atoms with Crippen LogP contribution in [-0.2, 0) is 0 Å². The Morgan fingerprint density at radius 2 is 2.08 bits per heavy atom. The second kappa shape index (κ2) is 7.05.